The summed E-state index contributed by atoms with van der Waals surface area (Å²) in [6.07, 6.45) is 5.97. The third-order valence-electron chi connectivity index (χ3n) is 6.78. The van der Waals surface area contributed by atoms with Crippen LogP contribution in [0, 0.1) is 18.3 Å². The van der Waals surface area contributed by atoms with Gasteiger partial charge in [-0.2, -0.15) is 10.4 Å². The molecule has 10 heteroatoms. The third-order valence-corrected chi connectivity index (χ3v) is 7.03. The second-order valence-corrected chi connectivity index (χ2v) is 10.2. The molecule has 9 nitrogen and oxygen atoms in total. The van der Waals surface area contributed by atoms with E-state index in [0.717, 1.165) is 41.7 Å². The highest BCUT2D eigenvalue weighted by molar-refractivity contribution is 6.43. The minimum absolute atomic E-state index is 0.110. The number of hydrogen-bond donors (Lipinski definition) is 0. The van der Waals surface area contributed by atoms with Gasteiger partial charge in [-0.25, -0.2) is 9.78 Å². The van der Waals surface area contributed by atoms with E-state index in [1.54, 1.807) is 17.1 Å². The van der Waals surface area contributed by atoms with Crippen LogP contribution in [-0.4, -0.2) is 40.7 Å². The number of benzene rings is 3. The first kappa shape index (κ1) is 32.8. The average molecular weight is 602 g/mol. The minimum atomic E-state index is -0.589. The van der Waals surface area contributed by atoms with Crippen LogP contribution in [0.3, 0.4) is 0 Å². The molecule has 4 aromatic rings. The number of para-hydroxylation sites is 1. The van der Waals surface area contributed by atoms with Crippen molar-refractivity contribution in [2.75, 3.05) is 14.2 Å². The topological polar surface area (TPSA) is 112 Å². The Morgan fingerprint density at radius 2 is 1.79 bits per heavy atom. The van der Waals surface area contributed by atoms with Gasteiger partial charge in [0.15, 0.2) is 5.71 Å². The Morgan fingerprint density at radius 1 is 1.07 bits per heavy atom. The van der Waals surface area contributed by atoms with Gasteiger partial charge in [-0.1, -0.05) is 91.1 Å². The second kappa shape index (κ2) is 16.7. The van der Waals surface area contributed by atoms with Crippen molar-refractivity contribution in [3.8, 4) is 11.8 Å². The summed E-state index contributed by atoms with van der Waals surface area (Å²) in [5, 5.41) is 18.4. The Morgan fingerprint density at radius 3 is 2.42 bits per heavy atom. The molecule has 1 unspecified atom stereocenters. The van der Waals surface area contributed by atoms with Crippen molar-refractivity contribution < 1.29 is 19.1 Å². The highest BCUT2D eigenvalue weighted by atomic mass is 35.5. The van der Waals surface area contributed by atoms with Gasteiger partial charge in [-0.15, -0.1) is 0 Å². The summed E-state index contributed by atoms with van der Waals surface area (Å²) >= 11 is 5.94. The third kappa shape index (κ3) is 9.15. The number of ether oxygens (including phenoxy) is 2. The highest BCUT2D eigenvalue weighted by Gasteiger charge is 2.32. The van der Waals surface area contributed by atoms with Crippen molar-refractivity contribution in [2.45, 2.75) is 51.7 Å². The van der Waals surface area contributed by atoms with Crippen LogP contribution >= 0.6 is 11.6 Å². The normalized spacial score (nSPS) is 12.2. The number of oxime groups is 1. The number of nitrogens with zero attached hydrogens (tertiary/aromatic N) is 5. The Kier molecular flexibility index (Phi) is 12.7. The lowest BCUT2D eigenvalue weighted by molar-refractivity contribution is -0.132. The number of unbranched alkanes of at least 4 members (excludes halogenated alkanes) is 1. The molecule has 0 aliphatic heterocycles. The Bertz CT molecular complexity index is 1520. The van der Waals surface area contributed by atoms with E-state index in [2.05, 4.69) is 28.2 Å². The number of methoxy groups -OCH3 is 1. The molecular formula is C33H36ClN5O4. The van der Waals surface area contributed by atoms with Crippen molar-refractivity contribution in [2.24, 2.45) is 5.16 Å². The maximum Gasteiger partial charge on any atom is 0.360 e. The molecule has 3 aromatic carbocycles. The van der Waals surface area contributed by atoms with Gasteiger partial charge in [0.1, 0.15) is 37.5 Å². The van der Waals surface area contributed by atoms with Gasteiger partial charge in [0.25, 0.3) is 0 Å². The van der Waals surface area contributed by atoms with Crippen LogP contribution in [0.1, 0.15) is 48.4 Å². The molecule has 0 saturated heterocycles. The van der Waals surface area contributed by atoms with Crippen LogP contribution in [0.2, 0.25) is 5.02 Å². The zero-order valence-corrected chi connectivity index (χ0v) is 25.6. The Hall–Kier alpha value is -4.68. The maximum absolute atomic E-state index is 11.9. The van der Waals surface area contributed by atoms with Gasteiger partial charge < -0.3 is 14.3 Å². The number of carbonyl (C=O) groups is 1. The van der Waals surface area contributed by atoms with Crippen molar-refractivity contribution in [3.63, 3.8) is 0 Å². The molecular weight excluding hydrogens is 566 g/mol. The number of aryl methyl sites for hydroxylation is 1. The van der Waals surface area contributed by atoms with E-state index in [-0.39, 0.29) is 5.71 Å². The van der Waals surface area contributed by atoms with E-state index < -0.39 is 11.4 Å². The van der Waals surface area contributed by atoms with Crippen LogP contribution in [-0.2, 0) is 32.9 Å². The van der Waals surface area contributed by atoms with Crippen molar-refractivity contribution in [1.82, 2.24) is 14.8 Å². The van der Waals surface area contributed by atoms with Gasteiger partial charge in [0.2, 0.25) is 0 Å². The van der Waals surface area contributed by atoms with Gasteiger partial charge in [-0.05, 0) is 48.2 Å². The lowest BCUT2D eigenvalue weighted by Crippen LogP contribution is -2.30. The van der Waals surface area contributed by atoms with Crippen LogP contribution in [0.25, 0.3) is 0 Å². The van der Waals surface area contributed by atoms with E-state index >= 15 is 0 Å². The number of rotatable bonds is 12. The summed E-state index contributed by atoms with van der Waals surface area (Å²) < 4.78 is 12.3. The fourth-order valence-corrected chi connectivity index (χ4v) is 4.57. The van der Waals surface area contributed by atoms with E-state index in [0.29, 0.717) is 23.7 Å². The monoisotopic (exact) mass is 601 g/mol. The van der Waals surface area contributed by atoms with E-state index in [1.807, 2.05) is 73.7 Å². The van der Waals surface area contributed by atoms with Gasteiger partial charge in [-0.3, -0.25) is 4.68 Å². The molecule has 0 aliphatic rings. The van der Waals surface area contributed by atoms with E-state index in [1.165, 1.54) is 20.5 Å². The lowest BCUT2D eigenvalue weighted by Gasteiger charge is -2.27. The van der Waals surface area contributed by atoms with Crippen molar-refractivity contribution in [1.29, 1.82) is 5.26 Å². The largest absolute Gasteiger partial charge is 0.489 e. The smallest absolute Gasteiger partial charge is 0.360 e. The predicted octanol–water partition coefficient (Wildman–Crippen LogP) is 6.68. The molecule has 0 fully saturated rings. The van der Waals surface area contributed by atoms with E-state index in [9.17, 15) is 10.1 Å². The summed E-state index contributed by atoms with van der Waals surface area (Å²) in [7, 11) is 2.69. The standard InChI is InChI=1S/C18H19NO4.C15H17ClN4/c1-13-8-4-7-11-16(13)23-12-14-9-5-6-10-15(14)17(19-22-3)18(20)21-2;1-2-3-8-15(9-17,10-20-12-18-11-19-20)13-4-6-14(16)7-5-13/h4-11H,12H2,1-3H3;4-7,11-12H,2-3,8,10H2,1H3/b19-17+;. The summed E-state index contributed by atoms with van der Waals surface area (Å²) in [6.45, 7) is 4.92. The fraction of sp³-hybridized carbons (Fsp3) is 0.303. The quantitative estimate of drug-likeness (QED) is 0.101. The highest BCUT2D eigenvalue weighted by Crippen LogP contribution is 2.32. The zero-order valence-electron chi connectivity index (χ0n) is 24.9. The average Bonchev–Trinajstić information content (AvgIpc) is 3.55. The van der Waals surface area contributed by atoms with Crippen LogP contribution in [0.15, 0.2) is 90.6 Å². The summed E-state index contributed by atoms with van der Waals surface area (Å²) in [6, 6.07) is 25.1. The molecule has 43 heavy (non-hydrogen) atoms. The van der Waals surface area contributed by atoms with E-state index in [4.69, 9.17) is 25.9 Å². The zero-order chi connectivity index (χ0) is 31.1. The number of aromatic nitrogens is 3. The Labute approximate surface area is 257 Å². The number of hydrogen-bond acceptors (Lipinski definition) is 8. The minimum Gasteiger partial charge on any atom is -0.489 e. The molecule has 0 spiro atoms. The summed E-state index contributed by atoms with van der Waals surface area (Å²) in [4.78, 5) is 20.6. The molecule has 0 N–H and O–H groups in total. The van der Waals surface area contributed by atoms with Gasteiger partial charge in [0.05, 0.1) is 19.7 Å². The molecule has 0 bridgehead atoms. The molecule has 0 saturated carbocycles. The second-order valence-electron chi connectivity index (χ2n) is 9.72. The van der Waals surface area contributed by atoms with Crippen LogP contribution in [0.4, 0.5) is 0 Å². The maximum atomic E-state index is 11.9. The number of esters is 1. The van der Waals surface area contributed by atoms with Gasteiger partial charge in [0, 0.05) is 10.6 Å². The summed E-state index contributed by atoms with van der Waals surface area (Å²) in [5.41, 5.74) is 2.98. The first-order valence-electron chi connectivity index (χ1n) is 13.8. The molecule has 0 aliphatic carbocycles. The lowest BCUT2D eigenvalue weighted by atomic mass is 9.77. The molecule has 1 heterocycles. The van der Waals surface area contributed by atoms with Crippen LogP contribution < -0.4 is 4.74 Å². The molecule has 1 atom stereocenters. The predicted molar refractivity (Wildman–Crippen MR) is 166 cm³/mol. The Balaban J connectivity index is 0.000000238. The van der Waals surface area contributed by atoms with Crippen LogP contribution in [0.5, 0.6) is 5.75 Å². The first-order valence-corrected chi connectivity index (χ1v) is 14.2. The number of carbonyl (C=O) groups excluding carboxylic acids is 1. The summed E-state index contributed by atoms with van der Waals surface area (Å²) in [5.74, 6) is 0.237. The molecule has 1 aromatic heterocycles. The fourth-order valence-electron chi connectivity index (χ4n) is 4.44. The van der Waals surface area contributed by atoms with Crippen molar-refractivity contribution >= 4 is 23.3 Å². The first-order chi connectivity index (χ1) is 20.9. The number of halogens is 1. The number of nitriles is 1. The molecule has 4 rings (SSSR count). The molecule has 0 radical (unpaired) electrons. The SMILES string of the molecule is CCCCC(C#N)(Cn1cncn1)c1ccc(Cl)cc1.CO/N=C(/C(=O)OC)c1ccccc1COc1ccccc1C. The van der Waals surface area contributed by atoms with Gasteiger partial charge >= 0.3 is 5.97 Å². The molecule has 224 valence electrons. The molecule has 0 amide bonds. The van der Waals surface area contributed by atoms with Crippen molar-refractivity contribution in [3.05, 3.63) is 113 Å².